The van der Waals surface area contributed by atoms with E-state index in [0.29, 0.717) is 12.1 Å². The molecule has 5 aromatic carbocycles. The van der Waals surface area contributed by atoms with Crippen LogP contribution in [0.3, 0.4) is 0 Å². The molecule has 350 valence electrons. The number of nitrogens with one attached hydrogen (secondary N) is 5. The fourth-order valence-corrected chi connectivity index (χ4v) is 6.29. The van der Waals surface area contributed by atoms with E-state index in [-0.39, 0.29) is 45.3 Å². The first kappa shape index (κ1) is 49.5. The minimum absolute atomic E-state index is 0.00124. The van der Waals surface area contributed by atoms with E-state index in [1.54, 1.807) is 27.7 Å². The van der Waals surface area contributed by atoms with Crippen molar-refractivity contribution in [2.45, 2.75) is 64.5 Å². The molecule has 0 radical (unpaired) electrons. The van der Waals surface area contributed by atoms with E-state index in [2.05, 4.69) is 26.6 Å². The Kier molecular flexibility index (Phi) is 16.2. The van der Waals surface area contributed by atoms with Gasteiger partial charge in [-0.1, -0.05) is 30.3 Å². The molecule has 0 aliphatic carbocycles. The van der Waals surface area contributed by atoms with Gasteiger partial charge in [0.1, 0.15) is 11.6 Å². The summed E-state index contributed by atoms with van der Waals surface area (Å²) >= 11 is 0. The molecule has 67 heavy (non-hydrogen) atoms. The lowest BCUT2D eigenvalue weighted by Crippen LogP contribution is -2.55. The predicted octanol–water partition coefficient (Wildman–Crippen LogP) is 3.97. The Morgan fingerprint density at radius 1 is 0.582 bits per heavy atom. The highest BCUT2D eigenvalue weighted by atomic mass is 16.5. The highest BCUT2D eigenvalue weighted by Gasteiger charge is 2.33. The summed E-state index contributed by atoms with van der Waals surface area (Å²) in [6.07, 6.45) is -2.96. The number of ether oxygens (including phenoxy) is 2. The number of primary amides is 1. The third kappa shape index (κ3) is 12.8. The van der Waals surface area contributed by atoms with Gasteiger partial charge in [-0.25, -0.2) is 4.79 Å². The minimum atomic E-state index is -2.16. The number of benzene rings is 5. The van der Waals surface area contributed by atoms with Crippen LogP contribution in [0.15, 0.2) is 103 Å². The molecular weight excluding hydrogens is 871 g/mol. The summed E-state index contributed by atoms with van der Waals surface area (Å²) in [7, 11) is 0. The number of hydrogen-bond donors (Lipinski definition) is 11. The summed E-state index contributed by atoms with van der Waals surface area (Å²) < 4.78 is 11.4. The molecule has 3 atom stereocenters. The largest absolute Gasteiger partial charge is 0.504 e. The average Bonchev–Trinajstić information content (AvgIpc) is 3.28. The number of aromatic carboxylic acids is 1. The van der Waals surface area contributed by atoms with Crippen LogP contribution in [0.2, 0.25) is 0 Å². The van der Waals surface area contributed by atoms with E-state index in [0.717, 1.165) is 11.6 Å². The van der Waals surface area contributed by atoms with Gasteiger partial charge in [-0.3, -0.25) is 28.8 Å². The number of carboxylic acid groups (broad SMARTS) is 1. The molecule has 0 heterocycles. The number of phenols is 2. The Balaban J connectivity index is 1.25. The second-order valence-corrected chi connectivity index (χ2v) is 15.5. The maximum absolute atomic E-state index is 13.5. The van der Waals surface area contributed by atoms with Crippen molar-refractivity contribution in [1.82, 2.24) is 5.32 Å². The van der Waals surface area contributed by atoms with Gasteiger partial charge in [-0.05, 0) is 112 Å². The molecule has 0 aliphatic rings. The lowest BCUT2D eigenvalue weighted by Gasteiger charge is -2.22. The minimum Gasteiger partial charge on any atom is -0.504 e. The fraction of sp³-hybridized carbons (Fsp3) is 0.213. The number of aliphatic hydroxyl groups excluding tert-OH is 1. The molecule has 0 fully saturated rings. The van der Waals surface area contributed by atoms with Gasteiger partial charge in [0, 0.05) is 22.5 Å². The standard InChI is InChI=1S/C47H49N7O13/c1-23(2)66-39-33(20-18-30(36(39)55)44(61)53-34-21-19-31(47(64)65)37(56)40(34)67-24(3)4)52-42(59)26-10-16-29(17-11-26)51-46(63)35(38(57)41(49)58)54-43(60)27-12-14-28(15-13-27)50-45(62)32(48)22-25-8-6-5-7-9-25/h5-21,23-24,32,35,38,55-57H,22,48H2,1-4H3,(H2,49,58)(H,50,62)(H,51,63)(H,52,59)(H,53,61)(H,54,60)(H,64,65). The van der Waals surface area contributed by atoms with E-state index < -0.39 is 88.9 Å². The first-order chi connectivity index (χ1) is 31.7. The molecule has 5 rings (SSSR count). The second-order valence-electron chi connectivity index (χ2n) is 15.5. The third-order valence-electron chi connectivity index (χ3n) is 9.58. The van der Waals surface area contributed by atoms with Crippen LogP contribution >= 0.6 is 0 Å². The molecule has 0 saturated heterocycles. The van der Waals surface area contributed by atoms with Crippen molar-refractivity contribution in [2.75, 3.05) is 21.3 Å². The third-order valence-corrected chi connectivity index (χ3v) is 9.58. The number of nitrogens with two attached hydrogens (primary N) is 2. The number of carbonyl (C=O) groups excluding carboxylic acids is 6. The van der Waals surface area contributed by atoms with Crippen LogP contribution in [-0.2, 0) is 20.8 Å². The van der Waals surface area contributed by atoms with Crippen molar-refractivity contribution < 1.29 is 63.5 Å². The number of carboxylic acids is 1. The van der Waals surface area contributed by atoms with Crippen LogP contribution in [0.1, 0.15) is 74.7 Å². The quantitative estimate of drug-likeness (QED) is 0.0559. The monoisotopic (exact) mass is 919 g/mol. The molecule has 0 spiro atoms. The van der Waals surface area contributed by atoms with Crippen molar-refractivity contribution in [3.05, 3.63) is 131 Å². The molecule has 20 heteroatoms. The Morgan fingerprint density at radius 2 is 1.04 bits per heavy atom. The van der Waals surface area contributed by atoms with Gasteiger partial charge in [-0.2, -0.15) is 0 Å². The van der Waals surface area contributed by atoms with Gasteiger partial charge in [0.2, 0.25) is 17.7 Å². The highest BCUT2D eigenvalue weighted by Crippen LogP contribution is 2.41. The van der Waals surface area contributed by atoms with Gasteiger partial charge in [0.25, 0.3) is 17.7 Å². The maximum Gasteiger partial charge on any atom is 0.339 e. The van der Waals surface area contributed by atoms with Crippen LogP contribution in [0.5, 0.6) is 23.0 Å². The number of hydrogen-bond acceptors (Lipinski definition) is 13. The number of phenolic OH excluding ortho intramolecular Hbond substituents is 1. The Labute approximate surface area is 383 Å². The summed E-state index contributed by atoms with van der Waals surface area (Å²) in [5.74, 6) is -8.71. The number of amides is 6. The highest BCUT2D eigenvalue weighted by molar-refractivity contribution is 6.11. The van der Waals surface area contributed by atoms with E-state index in [4.69, 9.17) is 20.9 Å². The van der Waals surface area contributed by atoms with Crippen molar-refractivity contribution in [3.8, 4) is 23.0 Å². The predicted molar refractivity (Wildman–Crippen MR) is 245 cm³/mol. The average molecular weight is 920 g/mol. The molecule has 3 unspecified atom stereocenters. The zero-order chi connectivity index (χ0) is 49.1. The molecule has 0 bridgehead atoms. The summed E-state index contributed by atoms with van der Waals surface area (Å²) in [6.45, 7) is 6.52. The number of anilines is 4. The molecule has 20 nitrogen and oxygen atoms in total. The fourth-order valence-electron chi connectivity index (χ4n) is 6.29. The van der Waals surface area contributed by atoms with Crippen molar-refractivity contribution in [1.29, 1.82) is 0 Å². The Morgan fingerprint density at radius 3 is 1.54 bits per heavy atom. The molecule has 0 aliphatic heterocycles. The number of rotatable bonds is 19. The van der Waals surface area contributed by atoms with Crippen LogP contribution in [0.25, 0.3) is 0 Å². The molecule has 6 amide bonds. The summed E-state index contributed by atoms with van der Waals surface area (Å²) in [5.41, 5.74) is 11.7. The van der Waals surface area contributed by atoms with Crippen molar-refractivity contribution in [3.63, 3.8) is 0 Å². The molecule has 0 aromatic heterocycles. The van der Waals surface area contributed by atoms with Crippen LogP contribution in [0.4, 0.5) is 22.7 Å². The topological polar surface area (TPSA) is 331 Å². The second kappa shape index (κ2) is 21.9. The van der Waals surface area contributed by atoms with E-state index >= 15 is 0 Å². The Hall–Kier alpha value is -8.49. The van der Waals surface area contributed by atoms with Crippen LogP contribution < -0.4 is 47.5 Å². The van der Waals surface area contributed by atoms with Crippen molar-refractivity contribution >= 4 is 64.2 Å². The first-order valence-corrected chi connectivity index (χ1v) is 20.5. The van der Waals surface area contributed by atoms with Gasteiger partial charge in [0.15, 0.2) is 29.1 Å². The zero-order valence-corrected chi connectivity index (χ0v) is 36.5. The number of aliphatic hydroxyl groups is 1. The molecule has 5 aromatic rings. The Bertz CT molecular complexity index is 2660. The lowest BCUT2D eigenvalue weighted by atomic mass is 10.1. The maximum atomic E-state index is 13.5. The zero-order valence-electron chi connectivity index (χ0n) is 36.5. The number of carbonyl (C=O) groups is 7. The summed E-state index contributed by atoms with van der Waals surface area (Å²) in [5, 5.41) is 54.3. The van der Waals surface area contributed by atoms with Crippen LogP contribution in [-0.4, -0.2) is 92.2 Å². The van der Waals surface area contributed by atoms with E-state index in [1.807, 2.05) is 30.3 Å². The molecular formula is C47H49N7O13. The summed E-state index contributed by atoms with van der Waals surface area (Å²) in [6, 6.07) is 22.0. The number of aromatic hydroxyl groups is 2. The van der Waals surface area contributed by atoms with Gasteiger partial charge >= 0.3 is 5.97 Å². The van der Waals surface area contributed by atoms with E-state index in [9.17, 15) is 54.0 Å². The SMILES string of the molecule is CC(C)Oc1c(NC(=O)c2ccc(NC(=O)c3ccc(NC(=O)C(NC(=O)c4ccc(NC(=O)C(N)Cc5ccccc5)cc4)C(O)C(N)=O)cc3)c(OC(C)C)c2O)ccc(C(=O)O)c1O. The van der Waals surface area contributed by atoms with Gasteiger partial charge in [-0.15, -0.1) is 0 Å². The molecule has 13 N–H and O–H groups in total. The summed E-state index contributed by atoms with van der Waals surface area (Å²) in [4.78, 5) is 89.7. The van der Waals surface area contributed by atoms with Crippen molar-refractivity contribution in [2.24, 2.45) is 11.5 Å². The normalized spacial score (nSPS) is 12.2. The van der Waals surface area contributed by atoms with Crippen LogP contribution in [0, 0.1) is 0 Å². The molecule has 0 saturated carbocycles. The van der Waals surface area contributed by atoms with Gasteiger partial charge in [0.05, 0.1) is 35.2 Å². The first-order valence-electron chi connectivity index (χ1n) is 20.5. The van der Waals surface area contributed by atoms with Gasteiger partial charge < -0.3 is 68.0 Å². The van der Waals surface area contributed by atoms with E-state index in [1.165, 1.54) is 66.7 Å². The smallest absolute Gasteiger partial charge is 0.339 e. The lowest BCUT2D eigenvalue weighted by molar-refractivity contribution is -0.132.